The van der Waals surface area contributed by atoms with Gasteiger partial charge in [-0.3, -0.25) is 9.59 Å². The van der Waals surface area contributed by atoms with E-state index in [-0.39, 0.29) is 11.5 Å². The van der Waals surface area contributed by atoms with Crippen LogP contribution in [0.4, 0.5) is 0 Å². The van der Waals surface area contributed by atoms with Crippen LogP contribution in [0.5, 0.6) is 0 Å². The van der Waals surface area contributed by atoms with Gasteiger partial charge in [0.25, 0.3) is 11.5 Å². The minimum Gasteiger partial charge on any atom is -0.383 e. The van der Waals surface area contributed by atoms with Gasteiger partial charge in [-0.1, -0.05) is 19.8 Å². The topological polar surface area (TPSA) is 51.5 Å². The molecule has 5 heteroatoms. The highest BCUT2D eigenvalue weighted by Crippen LogP contribution is 2.28. The Morgan fingerprint density at radius 1 is 1.35 bits per heavy atom. The van der Waals surface area contributed by atoms with E-state index >= 15 is 0 Å². The second kappa shape index (κ2) is 8.29. The lowest BCUT2D eigenvalue weighted by Crippen LogP contribution is -2.45. The average Bonchev–Trinajstić information content (AvgIpc) is 2.56. The molecule has 2 rings (SSSR count). The first kappa shape index (κ1) is 17.7. The first-order valence-electron chi connectivity index (χ1n) is 8.58. The summed E-state index contributed by atoms with van der Waals surface area (Å²) in [6.07, 6.45) is 6.36. The maximum Gasteiger partial charge on any atom is 0.255 e. The molecule has 1 fully saturated rings. The summed E-state index contributed by atoms with van der Waals surface area (Å²) in [5.74, 6) is 0.560. The van der Waals surface area contributed by atoms with E-state index in [1.807, 2.05) is 11.8 Å². The molecule has 1 amide bonds. The molecule has 0 bridgehead atoms. The second-order valence-electron chi connectivity index (χ2n) is 6.36. The van der Waals surface area contributed by atoms with Gasteiger partial charge in [-0.25, -0.2) is 0 Å². The predicted octanol–water partition coefficient (Wildman–Crippen LogP) is 2.54. The summed E-state index contributed by atoms with van der Waals surface area (Å²) in [5.41, 5.74) is 0.480. The summed E-state index contributed by atoms with van der Waals surface area (Å²) in [7, 11) is 1.60. The molecule has 0 aliphatic heterocycles. The molecule has 0 unspecified atom stereocenters. The van der Waals surface area contributed by atoms with Crippen molar-refractivity contribution in [1.82, 2.24) is 9.47 Å². The molecule has 1 aliphatic rings. The number of carbonyl (C=O) groups is 1. The number of aromatic nitrogens is 1. The van der Waals surface area contributed by atoms with Crippen molar-refractivity contribution < 1.29 is 9.53 Å². The largest absolute Gasteiger partial charge is 0.383 e. The molecule has 23 heavy (non-hydrogen) atoms. The van der Waals surface area contributed by atoms with E-state index in [1.165, 1.54) is 25.3 Å². The lowest BCUT2D eigenvalue weighted by atomic mass is 9.84. The van der Waals surface area contributed by atoms with Crippen LogP contribution in [0.25, 0.3) is 0 Å². The van der Waals surface area contributed by atoms with Gasteiger partial charge in [-0.05, 0) is 31.7 Å². The fourth-order valence-corrected chi connectivity index (χ4v) is 3.48. The van der Waals surface area contributed by atoms with Crippen molar-refractivity contribution in [2.45, 2.75) is 52.1 Å². The molecular weight excluding hydrogens is 292 g/mol. The quantitative estimate of drug-likeness (QED) is 0.809. The van der Waals surface area contributed by atoms with Crippen molar-refractivity contribution in [3.8, 4) is 0 Å². The molecule has 0 radical (unpaired) electrons. The van der Waals surface area contributed by atoms with E-state index in [4.69, 9.17) is 4.74 Å². The molecule has 0 aromatic carbocycles. The predicted molar refractivity (Wildman–Crippen MR) is 90.7 cm³/mol. The molecule has 1 aromatic rings. The number of carbonyl (C=O) groups excluding carboxylic acids is 1. The summed E-state index contributed by atoms with van der Waals surface area (Å²) in [6, 6.07) is 3.42. The normalized spacial score (nSPS) is 21.2. The smallest absolute Gasteiger partial charge is 0.255 e. The fourth-order valence-electron chi connectivity index (χ4n) is 3.48. The molecular formula is C18H28N2O3. The monoisotopic (exact) mass is 320 g/mol. The van der Waals surface area contributed by atoms with Crippen molar-refractivity contribution in [1.29, 1.82) is 0 Å². The minimum absolute atomic E-state index is 0.0254. The van der Waals surface area contributed by atoms with Crippen LogP contribution in [-0.4, -0.2) is 41.7 Å². The van der Waals surface area contributed by atoms with Crippen LogP contribution < -0.4 is 5.56 Å². The number of pyridine rings is 1. The molecule has 1 saturated carbocycles. The zero-order valence-electron chi connectivity index (χ0n) is 14.5. The third kappa shape index (κ3) is 4.22. The molecule has 128 valence electrons. The minimum atomic E-state index is -0.104. The Morgan fingerprint density at radius 2 is 2.09 bits per heavy atom. The zero-order valence-corrected chi connectivity index (χ0v) is 14.5. The van der Waals surface area contributed by atoms with Gasteiger partial charge < -0.3 is 14.2 Å². The fraction of sp³-hybridized carbons (Fsp3) is 0.667. The van der Waals surface area contributed by atoms with Crippen molar-refractivity contribution >= 4 is 5.91 Å². The maximum atomic E-state index is 12.9. The SMILES string of the molecule is CCN(C(=O)c1ccc(=O)n(CCOC)c1)[C@@H]1CCCC[C@@H]1C. The number of nitrogens with zero attached hydrogens (tertiary/aromatic N) is 2. The van der Waals surface area contributed by atoms with Crippen molar-refractivity contribution in [3.05, 3.63) is 34.2 Å². The first-order chi connectivity index (χ1) is 11.1. The molecule has 0 saturated heterocycles. The van der Waals surface area contributed by atoms with Crippen LogP contribution in [0.2, 0.25) is 0 Å². The van der Waals surface area contributed by atoms with Crippen molar-refractivity contribution in [3.63, 3.8) is 0 Å². The summed E-state index contributed by atoms with van der Waals surface area (Å²) >= 11 is 0. The van der Waals surface area contributed by atoms with Gasteiger partial charge in [-0.2, -0.15) is 0 Å². The van der Waals surface area contributed by atoms with Gasteiger partial charge in [0.05, 0.1) is 12.2 Å². The number of methoxy groups -OCH3 is 1. The Labute approximate surface area is 138 Å². The number of rotatable bonds is 6. The van der Waals surface area contributed by atoms with Gasteiger partial charge in [0.1, 0.15) is 0 Å². The maximum absolute atomic E-state index is 12.9. The third-order valence-electron chi connectivity index (χ3n) is 4.83. The summed E-state index contributed by atoms with van der Waals surface area (Å²) in [6.45, 7) is 5.88. The summed E-state index contributed by atoms with van der Waals surface area (Å²) in [5, 5.41) is 0. The van der Waals surface area contributed by atoms with E-state index in [1.54, 1.807) is 23.9 Å². The van der Waals surface area contributed by atoms with Gasteiger partial charge >= 0.3 is 0 Å². The van der Waals surface area contributed by atoms with Crippen molar-refractivity contribution in [2.75, 3.05) is 20.3 Å². The van der Waals surface area contributed by atoms with Crippen LogP contribution in [0.1, 0.15) is 49.9 Å². The van der Waals surface area contributed by atoms with Gasteiger partial charge in [0.15, 0.2) is 0 Å². The van der Waals surface area contributed by atoms with Crippen LogP contribution in [0.15, 0.2) is 23.1 Å². The van der Waals surface area contributed by atoms with E-state index in [2.05, 4.69) is 6.92 Å². The standard InChI is InChI=1S/C18H28N2O3/c1-4-20(16-8-6-5-7-14(16)2)18(22)15-9-10-17(21)19(13-15)11-12-23-3/h9-10,13-14,16H,4-8,11-12H2,1-3H3/t14-,16+/m0/s1. The molecule has 2 atom stereocenters. The number of hydrogen-bond donors (Lipinski definition) is 0. The van der Waals surface area contributed by atoms with E-state index < -0.39 is 0 Å². The summed E-state index contributed by atoms with van der Waals surface area (Å²) in [4.78, 5) is 26.8. The zero-order chi connectivity index (χ0) is 16.8. The highest BCUT2D eigenvalue weighted by atomic mass is 16.5. The number of ether oxygens (including phenoxy) is 1. The first-order valence-corrected chi connectivity index (χ1v) is 8.58. The Morgan fingerprint density at radius 3 is 2.74 bits per heavy atom. The molecule has 1 aliphatic carbocycles. The molecule has 0 N–H and O–H groups in total. The highest BCUT2D eigenvalue weighted by molar-refractivity contribution is 5.94. The van der Waals surface area contributed by atoms with Crippen LogP contribution in [-0.2, 0) is 11.3 Å². The van der Waals surface area contributed by atoms with Gasteiger partial charge in [-0.15, -0.1) is 0 Å². The Balaban J connectivity index is 2.21. The Hall–Kier alpha value is -1.62. The van der Waals surface area contributed by atoms with Crippen LogP contribution in [0.3, 0.4) is 0 Å². The Bertz CT molecular complexity index is 582. The van der Waals surface area contributed by atoms with E-state index in [0.717, 1.165) is 6.42 Å². The van der Waals surface area contributed by atoms with Gasteiger partial charge in [0.2, 0.25) is 0 Å². The van der Waals surface area contributed by atoms with E-state index in [9.17, 15) is 9.59 Å². The van der Waals surface area contributed by atoms with Gasteiger partial charge in [0, 0.05) is 38.5 Å². The molecule has 1 aromatic heterocycles. The van der Waals surface area contributed by atoms with Crippen LogP contribution >= 0.6 is 0 Å². The average molecular weight is 320 g/mol. The lowest BCUT2D eigenvalue weighted by molar-refractivity contribution is 0.0568. The lowest BCUT2D eigenvalue weighted by Gasteiger charge is -2.38. The molecule has 0 spiro atoms. The second-order valence-corrected chi connectivity index (χ2v) is 6.36. The van der Waals surface area contributed by atoms with Crippen molar-refractivity contribution in [2.24, 2.45) is 5.92 Å². The molecule has 1 heterocycles. The van der Waals surface area contributed by atoms with Crippen LogP contribution in [0, 0.1) is 5.92 Å². The number of hydrogen-bond acceptors (Lipinski definition) is 3. The third-order valence-corrected chi connectivity index (χ3v) is 4.83. The molecule has 5 nitrogen and oxygen atoms in total. The number of amides is 1. The summed E-state index contributed by atoms with van der Waals surface area (Å²) < 4.78 is 6.57. The van der Waals surface area contributed by atoms with E-state index in [0.29, 0.717) is 37.2 Å². The highest BCUT2D eigenvalue weighted by Gasteiger charge is 2.30. The Kier molecular flexibility index (Phi) is 6.39.